The van der Waals surface area contributed by atoms with Crippen LogP contribution in [0.3, 0.4) is 0 Å². The molecule has 16 heavy (non-hydrogen) atoms. The number of nitrogens with one attached hydrogen (secondary N) is 2. The van der Waals surface area contributed by atoms with Gasteiger partial charge >= 0.3 is 0 Å². The fourth-order valence-corrected chi connectivity index (χ4v) is 2.63. The van der Waals surface area contributed by atoms with E-state index in [1.54, 1.807) is 0 Å². The van der Waals surface area contributed by atoms with Crippen LogP contribution in [0, 0.1) is 3.95 Å². The van der Waals surface area contributed by atoms with Crippen LogP contribution in [0.4, 0.5) is 5.13 Å². The third kappa shape index (κ3) is 2.90. The molecule has 0 aliphatic heterocycles. The second-order valence-electron chi connectivity index (χ2n) is 3.34. The Hall–Kier alpha value is -0.720. The van der Waals surface area contributed by atoms with Crippen molar-refractivity contribution in [1.29, 1.82) is 0 Å². The van der Waals surface area contributed by atoms with Crippen LogP contribution in [0.2, 0.25) is 0 Å². The topological polar surface area (TPSA) is 40.7 Å². The average Bonchev–Trinajstić information content (AvgIpc) is 2.64. The molecule has 1 heterocycles. The smallest absolute Gasteiger partial charge is 0.204 e. The summed E-state index contributed by atoms with van der Waals surface area (Å²) in [6.45, 7) is 2.09. The predicted octanol–water partition coefficient (Wildman–Crippen LogP) is 4.14. The van der Waals surface area contributed by atoms with E-state index in [2.05, 4.69) is 50.5 Å². The SMILES string of the molecule is CC(Nc1n[nH]c(=S)s1)c1cccc(Br)c1. The number of hydrogen-bond acceptors (Lipinski definition) is 4. The van der Waals surface area contributed by atoms with Crippen LogP contribution >= 0.6 is 39.5 Å². The molecular formula is C10H10BrN3S2. The maximum absolute atomic E-state index is 4.98. The van der Waals surface area contributed by atoms with E-state index in [-0.39, 0.29) is 6.04 Å². The van der Waals surface area contributed by atoms with Gasteiger partial charge in [0.25, 0.3) is 0 Å². The van der Waals surface area contributed by atoms with E-state index in [4.69, 9.17) is 12.2 Å². The molecule has 1 unspecified atom stereocenters. The molecule has 0 bridgehead atoms. The first-order valence-corrected chi connectivity index (χ1v) is 6.74. The van der Waals surface area contributed by atoms with Crippen molar-refractivity contribution in [2.24, 2.45) is 0 Å². The number of halogens is 1. The summed E-state index contributed by atoms with van der Waals surface area (Å²) in [6, 6.07) is 8.39. The zero-order valence-corrected chi connectivity index (χ0v) is 11.7. The third-order valence-electron chi connectivity index (χ3n) is 2.13. The van der Waals surface area contributed by atoms with Crippen LogP contribution < -0.4 is 5.32 Å². The highest BCUT2D eigenvalue weighted by atomic mass is 79.9. The summed E-state index contributed by atoms with van der Waals surface area (Å²) in [6.07, 6.45) is 0. The summed E-state index contributed by atoms with van der Waals surface area (Å²) < 4.78 is 1.76. The molecule has 0 fully saturated rings. The van der Waals surface area contributed by atoms with Crippen LogP contribution in [-0.4, -0.2) is 10.2 Å². The predicted molar refractivity (Wildman–Crippen MR) is 73.5 cm³/mol. The molecule has 3 nitrogen and oxygen atoms in total. The van der Waals surface area contributed by atoms with Gasteiger partial charge in [-0.3, -0.25) is 5.10 Å². The number of hydrogen-bond donors (Lipinski definition) is 2. The Balaban J connectivity index is 2.14. The molecule has 0 spiro atoms. The molecule has 0 amide bonds. The highest BCUT2D eigenvalue weighted by Gasteiger charge is 2.07. The van der Waals surface area contributed by atoms with Gasteiger partial charge < -0.3 is 5.32 Å². The van der Waals surface area contributed by atoms with Crippen molar-refractivity contribution in [3.63, 3.8) is 0 Å². The number of benzene rings is 1. The van der Waals surface area contributed by atoms with E-state index in [1.807, 2.05) is 12.1 Å². The highest BCUT2D eigenvalue weighted by molar-refractivity contribution is 9.10. The van der Waals surface area contributed by atoms with Gasteiger partial charge in [0.2, 0.25) is 5.13 Å². The summed E-state index contributed by atoms with van der Waals surface area (Å²) >= 11 is 9.87. The molecule has 84 valence electrons. The molecule has 2 aromatic rings. The second kappa shape index (κ2) is 5.07. The van der Waals surface area contributed by atoms with Gasteiger partial charge in [0.1, 0.15) is 0 Å². The normalized spacial score (nSPS) is 12.4. The summed E-state index contributed by atoms with van der Waals surface area (Å²) in [5.74, 6) is 0. The highest BCUT2D eigenvalue weighted by Crippen LogP contribution is 2.22. The number of rotatable bonds is 3. The van der Waals surface area contributed by atoms with E-state index in [0.29, 0.717) is 3.95 Å². The Labute approximate surface area is 111 Å². The first kappa shape index (κ1) is 11.8. The molecule has 0 saturated heterocycles. The summed E-state index contributed by atoms with van der Waals surface area (Å²) in [5.41, 5.74) is 1.20. The quantitative estimate of drug-likeness (QED) is 0.836. The van der Waals surface area contributed by atoms with Crippen LogP contribution in [-0.2, 0) is 0 Å². The third-order valence-corrected chi connectivity index (χ3v) is 3.64. The minimum atomic E-state index is 0.200. The van der Waals surface area contributed by atoms with Crippen molar-refractivity contribution in [1.82, 2.24) is 10.2 Å². The fourth-order valence-electron chi connectivity index (χ4n) is 1.34. The van der Waals surface area contributed by atoms with Crippen molar-refractivity contribution >= 4 is 44.6 Å². The van der Waals surface area contributed by atoms with Crippen molar-refractivity contribution in [2.75, 3.05) is 5.32 Å². The average molecular weight is 316 g/mol. The monoisotopic (exact) mass is 315 g/mol. The first-order chi connectivity index (χ1) is 7.65. The maximum Gasteiger partial charge on any atom is 0.204 e. The number of aromatic amines is 1. The molecule has 0 saturated carbocycles. The van der Waals surface area contributed by atoms with Gasteiger partial charge in [-0.2, -0.15) is 0 Å². The fraction of sp³-hybridized carbons (Fsp3) is 0.200. The Morgan fingerprint density at radius 3 is 3.00 bits per heavy atom. The van der Waals surface area contributed by atoms with E-state index >= 15 is 0 Å². The van der Waals surface area contributed by atoms with Gasteiger partial charge in [0, 0.05) is 4.47 Å². The zero-order valence-electron chi connectivity index (χ0n) is 8.53. The summed E-state index contributed by atoms with van der Waals surface area (Å²) in [5, 5.41) is 10.9. The summed E-state index contributed by atoms with van der Waals surface area (Å²) in [4.78, 5) is 0. The lowest BCUT2D eigenvalue weighted by Gasteiger charge is -2.12. The molecular weight excluding hydrogens is 306 g/mol. The molecule has 1 atom stereocenters. The van der Waals surface area contributed by atoms with Gasteiger partial charge in [-0.15, -0.1) is 5.10 Å². The molecule has 0 aliphatic rings. The lowest BCUT2D eigenvalue weighted by atomic mass is 10.1. The van der Waals surface area contributed by atoms with E-state index in [9.17, 15) is 0 Å². The Kier molecular flexibility index (Phi) is 3.73. The molecule has 1 aromatic carbocycles. The van der Waals surface area contributed by atoms with Crippen LogP contribution in [0.25, 0.3) is 0 Å². The first-order valence-electron chi connectivity index (χ1n) is 4.72. The summed E-state index contributed by atoms with van der Waals surface area (Å²) in [7, 11) is 0. The van der Waals surface area contributed by atoms with Crippen molar-refractivity contribution in [3.05, 3.63) is 38.3 Å². The molecule has 2 rings (SSSR count). The number of anilines is 1. The van der Waals surface area contributed by atoms with Crippen molar-refractivity contribution < 1.29 is 0 Å². The maximum atomic E-state index is 4.98. The Morgan fingerprint density at radius 2 is 2.38 bits per heavy atom. The van der Waals surface area contributed by atoms with Gasteiger partial charge in [-0.1, -0.05) is 39.4 Å². The van der Waals surface area contributed by atoms with Crippen LogP contribution in [0.5, 0.6) is 0 Å². The molecule has 6 heteroatoms. The van der Waals surface area contributed by atoms with Gasteiger partial charge in [0.05, 0.1) is 6.04 Å². The lowest BCUT2D eigenvalue weighted by Crippen LogP contribution is -2.06. The Bertz CT molecular complexity index is 535. The van der Waals surface area contributed by atoms with Crippen molar-refractivity contribution in [2.45, 2.75) is 13.0 Å². The van der Waals surface area contributed by atoms with Gasteiger partial charge in [-0.25, -0.2) is 0 Å². The zero-order chi connectivity index (χ0) is 11.5. The van der Waals surface area contributed by atoms with Crippen molar-refractivity contribution in [3.8, 4) is 0 Å². The molecule has 0 radical (unpaired) electrons. The van der Waals surface area contributed by atoms with Crippen LogP contribution in [0.15, 0.2) is 28.7 Å². The van der Waals surface area contributed by atoms with Crippen LogP contribution in [0.1, 0.15) is 18.5 Å². The standard InChI is InChI=1S/C10H10BrN3S2/c1-6(7-3-2-4-8(11)5-7)12-9-13-14-10(15)16-9/h2-6H,1H3,(H,12,13)(H,14,15). The molecule has 0 aliphatic carbocycles. The minimum Gasteiger partial charge on any atom is -0.354 e. The van der Waals surface area contributed by atoms with Gasteiger partial charge in [-0.05, 0) is 36.8 Å². The van der Waals surface area contributed by atoms with E-state index < -0.39 is 0 Å². The number of H-pyrrole nitrogens is 1. The lowest BCUT2D eigenvalue weighted by molar-refractivity contribution is 0.872. The largest absolute Gasteiger partial charge is 0.354 e. The van der Waals surface area contributed by atoms with E-state index in [0.717, 1.165) is 9.60 Å². The van der Waals surface area contributed by atoms with Gasteiger partial charge in [0.15, 0.2) is 3.95 Å². The Morgan fingerprint density at radius 1 is 1.56 bits per heavy atom. The van der Waals surface area contributed by atoms with E-state index in [1.165, 1.54) is 16.9 Å². The second-order valence-corrected chi connectivity index (χ2v) is 5.92. The number of aromatic nitrogens is 2. The number of nitrogens with zero attached hydrogens (tertiary/aromatic N) is 1. The molecule has 2 N–H and O–H groups in total. The minimum absolute atomic E-state index is 0.200. The molecule has 1 aromatic heterocycles.